The standard InChI is InChI=1S/C22H21Br2N3O2/c23-14-17-8-4-9-20(26-17)21-13-19(12-18(15-24)27-21)29-11-5-10-25-22(28)16-6-2-1-3-7-16/h1-4,6-9,12-13H,5,10-11,14-15H2,(H,25,28). The van der Waals surface area contributed by atoms with Gasteiger partial charge in [0.15, 0.2) is 0 Å². The largest absolute Gasteiger partial charge is 0.493 e. The number of nitrogens with zero attached hydrogens (tertiary/aromatic N) is 2. The van der Waals surface area contributed by atoms with Crippen molar-refractivity contribution in [3.05, 3.63) is 77.6 Å². The minimum atomic E-state index is -0.0730. The lowest BCUT2D eigenvalue weighted by Crippen LogP contribution is -2.25. The molecule has 1 N–H and O–H groups in total. The predicted molar refractivity (Wildman–Crippen MR) is 122 cm³/mol. The summed E-state index contributed by atoms with van der Waals surface area (Å²) in [6, 6.07) is 18.9. The molecular weight excluding hydrogens is 498 g/mol. The Balaban J connectivity index is 1.57. The molecule has 5 nitrogen and oxygen atoms in total. The van der Waals surface area contributed by atoms with Crippen molar-refractivity contribution in [3.8, 4) is 17.1 Å². The number of carbonyl (C=O) groups is 1. The molecule has 1 amide bonds. The van der Waals surface area contributed by atoms with Crippen molar-refractivity contribution in [2.24, 2.45) is 0 Å². The van der Waals surface area contributed by atoms with Crippen LogP contribution < -0.4 is 10.1 Å². The number of benzene rings is 1. The van der Waals surface area contributed by atoms with Gasteiger partial charge in [-0.05, 0) is 30.7 Å². The van der Waals surface area contributed by atoms with Crippen molar-refractivity contribution < 1.29 is 9.53 Å². The lowest BCUT2D eigenvalue weighted by atomic mass is 10.2. The van der Waals surface area contributed by atoms with Crippen molar-refractivity contribution in [1.82, 2.24) is 15.3 Å². The van der Waals surface area contributed by atoms with Gasteiger partial charge < -0.3 is 10.1 Å². The Morgan fingerprint density at radius 3 is 2.41 bits per heavy atom. The van der Waals surface area contributed by atoms with Crippen LogP contribution in [0.2, 0.25) is 0 Å². The summed E-state index contributed by atoms with van der Waals surface area (Å²) in [6.45, 7) is 1.04. The Labute approximate surface area is 187 Å². The Morgan fingerprint density at radius 1 is 0.897 bits per heavy atom. The summed E-state index contributed by atoms with van der Waals surface area (Å²) >= 11 is 6.90. The second-order valence-corrected chi connectivity index (χ2v) is 7.41. The first-order chi connectivity index (χ1) is 14.2. The topological polar surface area (TPSA) is 64.1 Å². The molecule has 0 atom stereocenters. The predicted octanol–water partition coefficient (Wildman–Crippen LogP) is 5.13. The third-order valence-corrected chi connectivity index (χ3v) is 5.26. The number of halogens is 2. The van der Waals surface area contributed by atoms with Crippen LogP contribution in [0.3, 0.4) is 0 Å². The van der Waals surface area contributed by atoms with E-state index in [0.717, 1.165) is 28.5 Å². The summed E-state index contributed by atoms with van der Waals surface area (Å²) < 4.78 is 5.91. The number of hydrogen-bond donors (Lipinski definition) is 1. The quantitative estimate of drug-likeness (QED) is 0.315. The number of rotatable bonds is 9. The first-order valence-corrected chi connectivity index (χ1v) is 11.5. The smallest absolute Gasteiger partial charge is 0.251 e. The van der Waals surface area contributed by atoms with Gasteiger partial charge in [0, 0.05) is 34.9 Å². The molecule has 0 bridgehead atoms. The third kappa shape index (κ3) is 6.37. The molecule has 2 aromatic heterocycles. The van der Waals surface area contributed by atoms with Crippen LogP contribution in [-0.4, -0.2) is 29.0 Å². The molecule has 150 valence electrons. The highest BCUT2D eigenvalue weighted by molar-refractivity contribution is 9.08. The van der Waals surface area contributed by atoms with E-state index in [1.807, 2.05) is 48.5 Å². The lowest BCUT2D eigenvalue weighted by Gasteiger charge is -2.11. The van der Waals surface area contributed by atoms with Crippen LogP contribution >= 0.6 is 31.9 Å². The van der Waals surface area contributed by atoms with E-state index in [9.17, 15) is 4.79 Å². The number of amides is 1. The molecule has 0 saturated heterocycles. The summed E-state index contributed by atoms with van der Waals surface area (Å²) in [4.78, 5) is 21.3. The van der Waals surface area contributed by atoms with Crippen LogP contribution in [-0.2, 0) is 10.7 Å². The monoisotopic (exact) mass is 517 g/mol. The minimum Gasteiger partial charge on any atom is -0.493 e. The number of ether oxygens (including phenoxy) is 1. The maximum atomic E-state index is 12.0. The molecule has 0 aliphatic heterocycles. The third-order valence-electron chi connectivity index (χ3n) is 4.11. The number of nitrogens with one attached hydrogen (secondary N) is 1. The van der Waals surface area contributed by atoms with Gasteiger partial charge in [-0.3, -0.25) is 14.8 Å². The van der Waals surface area contributed by atoms with Crippen LogP contribution in [0.5, 0.6) is 5.75 Å². The maximum absolute atomic E-state index is 12.0. The summed E-state index contributed by atoms with van der Waals surface area (Å²) in [5, 5.41) is 4.22. The lowest BCUT2D eigenvalue weighted by molar-refractivity contribution is 0.0951. The van der Waals surface area contributed by atoms with Crippen molar-refractivity contribution in [1.29, 1.82) is 0 Å². The molecule has 0 saturated carbocycles. The average molecular weight is 519 g/mol. The number of carbonyl (C=O) groups excluding carboxylic acids is 1. The van der Waals surface area contributed by atoms with Gasteiger partial charge in [-0.1, -0.05) is 56.1 Å². The number of aromatic nitrogens is 2. The fraction of sp³-hybridized carbons (Fsp3) is 0.227. The molecule has 0 aliphatic carbocycles. The molecule has 0 aliphatic rings. The normalized spacial score (nSPS) is 10.6. The molecule has 0 unspecified atom stereocenters. The van der Waals surface area contributed by atoms with Gasteiger partial charge in [-0.15, -0.1) is 0 Å². The molecule has 1 aromatic carbocycles. The second kappa shape index (κ2) is 11.1. The second-order valence-electron chi connectivity index (χ2n) is 6.28. The number of hydrogen-bond acceptors (Lipinski definition) is 4. The van der Waals surface area contributed by atoms with E-state index < -0.39 is 0 Å². The van der Waals surface area contributed by atoms with E-state index in [1.54, 1.807) is 12.1 Å². The van der Waals surface area contributed by atoms with Gasteiger partial charge in [0.05, 0.1) is 29.4 Å². The van der Waals surface area contributed by atoms with Crippen molar-refractivity contribution in [2.45, 2.75) is 17.1 Å². The molecule has 0 fully saturated rings. The van der Waals surface area contributed by atoms with E-state index in [2.05, 4.69) is 47.1 Å². The zero-order chi connectivity index (χ0) is 20.5. The molecule has 2 heterocycles. The highest BCUT2D eigenvalue weighted by Crippen LogP contribution is 2.23. The molecule has 7 heteroatoms. The van der Waals surface area contributed by atoms with Crippen LogP contribution in [0.25, 0.3) is 11.4 Å². The summed E-state index contributed by atoms with van der Waals surface area (Å²) in [5.41, 5.74) is 4.07. The first-order valence-electron chi connectivity index (χ1n) is 9.25. The highest BCUT2D eigenvalue weighted by Gasteiger charge is 2.08. The van der Waals surface area contributed by atoms with Gasteiger partial charge in [-0.25, -0.2) is 0 Å². The van der Waals surface area contributed by atoms with E-state index >= 15 is 0 Å². The van der Waals surface area contributed by atoms with Crippen molar-refractivity contribution in [2.75, 3.05) is 13.2 Å². The van der Waals surface area contributed by atoms with E-state index in [0.29, 0.717) is 35.8 Å². The van der Waals surface area contributed by atoms with Crippen LogP contribution in [0.15, 0.2) is 60.7 Å². The van der Waals surface area contributed by atoms with Crippen molar-refractivity contribution in [3.63, 3.8) is 0 Å². The Morgan fingerprint density at radius 2 is 1.66 bits per heavy atom. The molecule has 29 heavy (non-hydrogen) atoms. The first kappa shape index (κ1) is 21.5. The van der Waals surface area contributed by atoms with Gasteiger partial charge in [-0.2, -0.15) is 0 Å². The fourth-order valence-electron chi connectivity index (χ4n) is 2.70. The van der Waals surface area contributed by atoms with E-state index in [1.165, 1.54) is 0 Å². The Hall–Kier alpha value is -2.25. The Kier molecular flexibility index (Phi) is 8.19. The minimum absolute atomic E-state index is 0.0730. The zero-order valence-electron chi connectivity index (χ0n) is 15.8. The maximum Gasteiger partial charge on any atom is 0.251 e. The highest BCUT2D eigenvalue weighted by atomic mass is 79.9. The Bertz CT molecular complexity index is 952. The molecule has 3 aromatic rings. The fourth-order valence-corrected chi connectivity index (χ4v) is 3.29. The van der Waals surface area contributed by atoms with Crippen LogP contribution in [0.4, 0.5) is 0 Å². The average Bonchev–Trinajstić information content (AvgIpc) is 2.79. The van der Waals surface area contributed by atoms with E-state index in [4.69, 9.17) is 4.74 Å². The van der Waals surface area contributed by atoms with Crippen LogP contribution in [0, 0.1) is 0 Å². The van der Waals surface area contributed by atoms with Gasteiger partial charge in [0.25, 0.3) is 5.91 Å². The molecule has 0 radical (unpaired) electrons. The summed E-state index contributed by atoms with van der Waals surface area (Å²) in [5.74, 6) is 0.668. The van der Waals surface area contributed by atoms with Gasteiger partial charge in [0.2, 0.25) is 0 Å². The summed E-state index contributed by atoms with van der Waals surface area (Å²) in [6.07, 6.45) is 0.706. The number of alkyl halides is 2. The molecule has 3 rings (SSSR count). The molecular formula is C22H21Br2N3O2. The van der Waals surface area contributed by atoms with Crippen molar-refractivity contribution >= 4 is 37.8 Å². The van der Waals surface area contributed by atoms with Gasteiger partial charge >= 0.3 is 0 Å². The number of pyridine rings is 2. The molecule has 0 spiro atoms. The summed E-state index contributed by atoms with van der Waals surface area (Å²) in [7, 11) is 0. The zero-order valence-corrected chi connectivity index (χ0v) is 18.9. The van der Waals surface area contributed by atoms with Gasteiger partial charge in [0.1, 0.15) is 5.75 Å². The van der Waals surface area contributed by atoms with E-state index in [-0.39, 0.29) is 5.91 Å². The SMILES string of the molecule is O=C(NCCCOc1cc(CBr)nc(-c2cccc(CBr)n2)c1)c1ccccc1. The van der Waals surface area contributed by atoms with Crippen LogP contribution in [0.1, 0.15) is 28.2 Å².